The Morgan fingerprint density at radius 2 is 0.602 bits per heavy atom. The number of rotatable bonds is 20. The summed E-state index contributed by atoms with van der Waals surface area (Å²) in [5, 5.41) is 4.96. The number of aryl methyl sites for hydroxylation is 2. The molecule has 0 heterocycles. The fourth-order valence-electron chi connectivity index (χ4n) is 18.6. The third kappa shape index (κ3) is 14.0. The molecule has 17 aromatic carbocycles. The van der Waals surface area contributed by atoms with Gasteiger partial charge in [0.05, 0.1) is 5.69 Å². The second kappa shape index (κ2) is 30.6. The van der Waals surface area contributed by atoms with Crippen molar-refractivity contribution in [1.29, 1.82) is 0 Å². The average Bonchev–Trinajstić information content (AvgIpc) is 1.51. The van der Waals surface area contributed by atoms with E-state index >= 15 is 0 Å². The predicted octanol–water partition coefficient (Wildman–Crippen LogP) is 31.6. The Kier molecular flexibility index (Phi) is 19.2. The smallest absolute Gasteiger partial charge is 0.0546 e. The maximum Gasteiger partial charge on any atom is 0.0546 e. The SMILES string of the molecule is Cc1cc(C)cc(N(c2ccc(C=Cc3ccc4c(c3)C(C)(C)c3cc(N(c5ccccc5)c5ccccc5)ccc3-4)cc2)c2cc3cccc(CC(C)(C)c4ccc(N(c5ccc(C=Cc6ccc7c(c6)C(C)(C)c6cc(N(c8ccccc8)c8ccccc8)ccc6-7)cc5)c5ccc(-c6ccccc6)cc5)cc4)c3c3ccccc23)c1. The van der Waals surface area contributed by atoms with Gasteiger partial charge >= 0.3 is 0 Å². The number of fused-ring (bicyclic) bond motifs is 9. The largest absolute Gasteiger partial charge is 0.311 e. The molecule has 0 N–H and O–H groups in total. The van der Waals surface area contributed by atoms with Crippen molar-refractivity contribution >= 4 is 114 Å². The van der Waals surface area contributed by atoms with Gasteiger partial charge in [-0.25, -0.2) is 0 Å². The Morgan fingerprint density at radius 1 is 0.263 bits per heavy atom. The molecule has 19 rings (SSSR count). The predicted molar refractivity (Wildman–Crippen MR) is 504 cm³/mol. The highest BCUT2D eigenvalue weighted by Gasteiger charge is 2.38. The molecule has 0 unspecified atom stereocenters. The lowest BCUT2D eigenvalue weighted by Gasteiger charge is -2.30. The summed E-state index contributed by atoms with van der Waals surface area (Å²) in [6, 6.07) is 143. The van der Waals surface area contributed by atoms with Gasteiger partial charge in [0.15, 0.2) is 0 Å². The molecule has 4 nitrogen and oxygen atoms in total. The van der Waals surface area contributed by atoms with Crippen LogP contribution in [0.3, 0.4) is 0 Å². The third-order valence-corrected chi connectivity index (χ3v) is 24.6. The minimum atomic E-state index is -0.235. The Labute approximate surface area is 695 Å². The number of hydrogen-bond donors (Lipinski definition) is 0. The second-order valence-corrected chi connectivity index (χ2v) is 33.7. The van der Waals surface area contributed by atoms with Crippen molar-refractivity contribution in [2.24, 2.45) is 0 Å². The van der Waals surface area contributed by atoms with Gasteiger partial charge in [-0.15, -0.1) is 0 Å². The summed E-state index contributed by atoms with van der Waals surface area (Å²) in [5.74, 6) is 0. The van der Waals surface area contributed by atoms with Crippen molar-refractivity contribution in [2.75, 3.05) is 19.6 Å². The van der Waals surface area contributed by atoms with Crippen LogP contribution < -0.4 is 19.6 Å². The van der Waals surface area contributed by atoms with E-state index in [1.807, 2.05) is 0 Å². The highest BCUT2D eigenvalue weighted by molar-refractivity contribution is 6.16. The number of para-hydroxylation sites is 4. The number of anilines is 12. The highest BCUT2D eigenvalue weighted by Crippen LogP contribution is 2.54. The van der Waals surface area contributed by atoms with E-state index in [9.17, 15) is 0 Å². The molecule has 0 saturated heterocycles. The van der Waals surface area contributed by atoms with Crippen molar-refractivity contribution in [3.05, 3.63) is 455 Å². The molecule has 570 valence electrons. The van der Waals surface area contributed by atoms with Crippen LogP contribution in [0.5, 0.6) is 0 Å². The van der Waals surface area contributed by atoms with Crippen molar-refractivity contribution in [3.63, 3.8) is 0 Å². The molecule has 0 saturated carbocycles. The molecule has 17 aromatic rings. The van der Waals surface area contributed by atoms with Gasteiger partial charge in [-0.05, 0) is 282 Å². The standard InChI is InChI=1S/C114H94N4/c1-78-69-79(2)71-99(70-78)118(96-57-47-81(48-58-96)42-44-83-50-66-101-103-68-64-98(76-109(103)114(7,8)107(101)73-83)117(91-35-20-12-21-36-91)92-37-22-13-23-38-92)110-74-86-29-26-30-87(111(86)105-40-25-24-39-104(105)110)77-112(3,4)88-53-61-95(62-54-88)115(94-59-51-85(52-60-94)84-27-14-9-15-28-84)93-55-45-80(46-56-93)41-43-82-49-65-100-102-67-63-97(75-108(102)113(5,6)106(100)72-82)116(89-31-16-10-17-32-89)90-33-18-11-19-34-90/h9-76H,77H2,1-8H3. The summed E-state index contributed by atoms with van der Waals surface area (Å²) in [7, 11) is 0. The maximum atomic E-state index is 2.47. The first-order valence-corrected chi connectivity index (χ1v) is 41.4. The van der Waals surface area contributed by atoms with Crippen molar-refractivity contribution in [2.45, 2.75) is 78.1 Å². The molecule has 2 aliphatic carbocycles. The first-order chi connectivity index (χ1) is 57.5. The van der Waals surface area contributed by atoms with Gasteiger partial charge in [0.25, 0.3) is 0 Å². The molecule has 2 aliphatic rings. The van der Waals surface area contributed by atoms with Gasteiger partial charge in [0.1, 0.15) is 0 Å². The Balaban J connectivity index is 0.586. The van der Waals surface area contributed by atoms with Crippen LogP contribution in [-0.4, -0.2) is 0 Å². The monoisotopic (exact) mass is 1520 g/mol. The van der Waals surface area contributed by atoms with Crippen LogP contribution in [-0.2, 0) is 22.7 Å². The number of hydrogen-bond acceptors (Lipinski definition) is 4. The molecule has 0 bridgehead atoms. The second-order valence-electron chi connectivity index (χ2n) is 33.7. The van der Waals surface area contributed by atoms with Crippen LogP contribution in [0.15, 0.2) is 388 Å². The van der Waals surface area contributed by atoms with E-state index in [1.54, 1.807) is 0 Å². The highest BCUT2D eigenvalue weighted by atomic mass is 15.2. The first-order valence-electron chi connectivity index (χ1n) is 41.4. The summed E-state index contributed by atoms with van der Waals surface area (Å²) in [6.07, 6.45) is 9.89. The average molecular weight is 1520 g/mol. The van der Waals surface area contributed by atoms with Crippen LogP contribution in [0, 0.1) is 13.8 Å². The summed E-state index contributed by atoms with van der Waals surface area (Å²) in [6.45, 7) is 18.7. The zero-order valence-corrected chi connectivity index (χ0v) is 68.3. The van der Waals surface area contributed by atoms with Gasteiger partial charge in [-0.2, -0.15) is 0 Å². The van der Waals surface area contributed by atoms with Crippen LogP contribution in [0.25, 0.3) is 79.2 Å². The van der Waals surface area contributed by atoms with E-state index in [1.165, 1.54) is 111 Å². The maximum absolute atomic E-state index is 2.47. The molecular formula is C114H94N4. The lowest BCUT2D eigenvalue weighted by molar-refractivity contribution is 0.524. The fraction of sp³-hybridized carbons (Fsp3) is 0.105. The molecule has 4 heteroatoms. The Bertz CT molecular complexity index is 6540. The van der Waals surface area contributed by atoms with Gasteiger partial charge in [-0.3, -0.25) is 0 Å². The summed E-state index contributed by atoms with van der Waals surface area (Å²) in [4.78, 5) is 9.58. The lowest BCUT2D eigenvalue weighted by atomic mass is 9.77. The summed E-state index contributed by atoms with van der Waals surface area (Å²) < 4.78 is 0. The lowest BCUT2D eigenvalue weighted by Crippen LogP contribution is -2.21. The van der Waals surface area contributed by atoms with Gasteiger partial charge in [0.2, 0.25) is 0 Å². The van der Waals surface area contributed by atoms with Gasteiger partial charge in [-0.1, -0.05) is 315 Å². The van der Waals surface area contributed by atoms with Gasteiger partial charge in [0, 0.05) is 78.8 Å². The van der Waals surface area contributed by atoms with Crippen molar-refractivity contribution < 1.29 is 0 Å². The van der Waals surface area contributed by atoms with Crippen molar-refractivity contribution in [1.82, 2.24) is 0 Å². The molecule has 0 atom stereocenters. The molecule has 0 aromatic heterocycles. The van der Waals surface area contributed by atoms with Crippen LogP contribution >= 0.6 is 0 Å². The quantitative estimate of drug-likeness (QED) is 0.0557. The van der Waals surface area contributed by atoms with Crippen molar-refractivity contribution in [3.8, 4) is 33.4 Å². The normalized spacial score (nSPS) is 13.0. The molecule has 0 aliphatic heterocycles. The number of benzene rings is 17. The van der Waals surface area contributed by atoms with Crippen LogP contribution in [0.1, 0.15) is 108 Å². The zero-order valence-electron chi connectivity index (χ0n) is 68.3. The Morgan fingerprint density at radius 3 is 1.06 bits per heavy atom. The summed E-state index contributed by atoms with van der Waals surface area (Å²) >= 11 is 0. The summed E-state index contributed by atoms with van der Waals surface area (Å²) in [5.41, 5.74) is 35.5. The van der Waals surface area contributed by atoms with Crippen LogP contribution in [0.4, 0.5) is 68.2 Å². The minimum absolute atomic E-state index is 0.202. The zero-order chi connectivity index (χ0) is 80.2. The van der Waals surface area contributed by atoms with E-state index in [0.717, 1.165) is 85.8 Å². The third-order valence-electron chi connectivity index (χ3n) is 24.6. The van der Waals surface area contributed by atoms with E-state index in [0.29, 0.717) is 0 Å². The first kappa shape index (κ1) is 74.1. The minimum Gasteiger partial charge on any atom is -0.311 e. The molecule has 0 spiro atoms. The topological polar surface area (TPSA) is 13.0 Å². The van der Waals surface area contributed by atoms with Gasteiger partial charge < -0.3 is 19.6 Å². The van der Waals surface area contributed by atoms with E-state index in [4.69, 9.17) is 0 Å². The van der Waals surface area contributed by atoms with E-state index < -0.39 is 0 Å². The molecule has 118 heavy (non-hydrogen) atoms. The Hall–Kier alpha value is -14.1. The molecule has 0 amide bonds. The molecular weight excluding hydrogens is 1430 g/mol. The number of nitrogens with zero attached hydrogens (tertiary/aromatic N) is 4. The van der Waals surface area contributed by atoms with E-state index in [2.05, 4.69) is 488 Å². The molecule has 0 fully saturated rings. The fourth-order valence-corrected chi connectivity index (χ4v) is 18.6. The van der Waals surface area contributed by atoms with Crippen LogP contribution in [0.2, 0.25) is 0 Å². The van der Waals surface area contributed by atoms with E-state index in [-0.39, 0.29) is 16.2 Å². The molecule has 0 radical (unpaired) electrons.